The quantitative estimate of drug-likeness (QED) is 0.760. The van der Waals surface area contributed by atoms with Gasteiger partial charge in [0.05, 0.1) is 5.92 Å². The van der Waals surface area contributed by atoms with Gasteiger partial charge >= 0.3 is 0 Å². The fraction of sp³-hybridized carbons (Fsp3) is 0.929. The summed E-state index contributed by atoms with van der Waals surface area (Å²) in [5.74, 6) is 1.18. The number of nitrogens with one attached hydrogen (secondary N) is 1. The number of carbonyl (C=O) groups excluding carboxylic acids is 1. The number of piperidine rings is 1. The van der Waals surface area contributed by atoms with E-state index < -0.39 is 0 Å². The molecule has 4 nitrogen and oxygen atoms in total. The number of amides is 1. The highest BCUT2D eigenvalue weighted by molar-refractivity contribution is 5.82. The second kappa shape index (κ2) is 5.17. The van der Waals surface area contributed by atoms with Crippen LogP contribution in [0.25, 0.3) is 0 Å². The molecule has 4 unspecified atom stereocenters. The first-order chi connectivity index (χ1) is 8.81. The summed E-state index contributed by atoms with van der Waals surface area (Å²) in [4.78, 5) is 14.5. The van der Waals surface area contributed by atoms with Crippen LogP contribution in [0.5, 0.6) is 0 Å². The third kappa shape index (κ3) is 2.05. The average molecular weight is 251 g/mol. The number of rotatable bonds is 2. The van der Waals surface area contributed by atoms with Gasteiger partial charge in [0.15, 0.2) is 0 Å². The summed E-state index contributed by atoms with van der Waals surface area (Å²) in [5.41, 5.74) is 5.96. The van der Waals surface area contributed by atoms with E-state index in [1.807, 2.05) is 0 Å². The maximum absolute atomic E-state index is 11.8. The van der Waals surface area contributed by atoms with Crippen LogP contribution in [0, 0.1) is 11.8 Å². The van der Waals surface area contributed by atoms with Crippen LogP contribution in [-0.2, 0) is 4.79 Å². The zero-order valence-corrected chi connectivity index (χ0v) is 11.1. The molecule has 0 aromatic carbocycles. The zero-order chi connectivity index (χ0) is 12.5. The van der Waals surface area contributed by atoms with Crippen LogP contribution < -0.4 is 11.1 Å². The normalized spacial score (nSPS) is 41.5. The molecule has 3 fully saturated rings. The second-order valence-electron chi connectivity index (χ2n) is 6.15. The summed E-state index contributed by atoms with van der Waals surface area (Å²) in [6.45, 7) is 2.83. The van der Waals surface area contributed by atoms with Crippen LogP contribution in [0.1, 0.15) is 38.5 Å². The van der Waals surface area contributed by atoms with Crippen molar-refractivity contribution in [3.63, 3.8) is 0 Å². The molecule has 3 aliphatic rings. The Kier molecular flexibility index (Phi) is 3.57. The maximum Gasteiger partial charge on any atom is 0.224 e. The van der Waals surface area contributed by atoms with Gasteiger partial charge in [0.2, 0.25) is 5.91 Å². The fourth-order valence-electron chi connectivity index (χ4n) is 4.30. The predicted molar refractivity (Wildman–Crippen MR) is 71.0 cm³/mol. The van der Waals surface area contributed by atoms with Gasteiger partial charge in [-0.05, 0) is 44.7 Å². The van der Waals surface area contributed by atoms with Crippen LogP contribution in [0.2, 0.25) is 0 Å². The minimum Gasteiger partial charge on any atom is -0.354 e. The van der Waals surface area contributed by atoms with Crippen molar-refractivity contribution in [2.75, 3.05) is 19.6 Å². The Labute approximate surface area is 109 Å². The molecule has 18 heavy (non-hydrogen) atoms. The Balaban J connectivity index is 1.75. The number of hydrogen-bond donors (Lipinski definition) is 2. The molecule has 4 heteroatoms. The van der Waals surface area contributed by atoms with Gasteiger partial charge < -0.3 is 11.1 Å². The monoisotopic (exact) mass is 251 g/mol. The lowest BCUT2D eigenvalue weighted by Crippen LogP contribution is -2.55. The molecule has 1 aliphatic carbocycles. The Bertz CT molecular complexity index is 320. The van der Waals surface area contributed by atoms with E-state index in [2.05, 4.69) is 10.2 Å². The van der Waals surface area contributed by atoms with Gasteiger partial charge in [0.1, 0.15) is 0 Å². The SMILES string of the molecule is NCC1CCCCC1N1CCCC2C(=O)NCC21. The largest absolute Gasteiger partial charge is 0.354 e. The zero-order valence-electron chi connectivity index (χ0n) is 11.1. The number of hydrogen-bond acceptors (Lipinski definition) is 3. The van der Waals surface area contributed by atoms with Gasteiger partial charge in [0, 0.05) is 18.6 Å². The van der Waals surface area contributed by atoms with E-state index in [0.29, 0.717) is 18.0 Å². The first-order valence-corrected chi connectivity index (χ1v) is 7.55. The van der Waals surface area contributed by atoms with Gasteiger partial charge in [-0.1, -0.05) is 12.8 Å². The van der Waals surface area contributed by atoms with Crippen molar-refractivity contribution in [1.29, 1.82) is 0 Å². The van der Waals surface area contributed by atoms with Crippen molar-refractivity contribution in [3.05, 3.63) is 0 Å². The first-order valence-electron chi connectivity index (χ1n) is 7.55. The van der Waals surface area contributed by atoms with Crippen LogP contribution in [0.15, 0.2) is 0 Å². The minimum atomic E-state index is 0.249. The van der Waals surface area contributed by atoms with Crippen molar-refractivity contribution in [2.24, 2.45) is 17.6 Å². The smallest absolute Gasteiger partial charge is 0.224 e. The van der Waals surface area contributed by atoms with Crippen molar-refractivity contribution >= 4 is 5.91 Å². The standard InChI is InChI=1S/C14H25N3O/c15-8-10-4-1-2-6-12(10)17-7-3-5-11-13(17)9-16-14(11)18/h10-13H,1-9,15H2,(H,16,18). The third-order valence-electron chi connectivity index (χ3n) is 5.24. The number of likely N-dealkylation sites (tertiary alicyclic amines) is 1. The summed E-state index contributed by atoms with van der Waals surface area (Å²) < 4.78 is 0. The molecular weight excluding hydrogens is 226 g/mol. The van der Waals surface area contributed by atoms with Gasteiger partial charge in [0.25, 0.3) is 0 Å². The third-order valence-corrected chi connectivity index (χ3v) is 5.24. The molecular formula is C14H25N3O. The predicted octanol–water partition coefficient (Wildman–Crippen LogP) is 0.714. The first kappa shape index (κ1) is 12.4. The summed E-state index contributed by atoms with van der Waals surface area (Å²) >= 11 is 0. The Morgan fingerprint density at radius 2 is 2.00 bits per heavy atom. The molecule has 1 saturated carbocycles. The summed E-state index contributed by atoms with van der Waals surface area (Å²) in [6.07, 6.45) is 7.46. The van der Waals surface area contributed by atoms with Crippen LogP contribution in [0.4, 0.5) is 0 Å². The lowest BCUT2D eigenvalue weighted by Gasteiger charge is -2.46. The molecule has 0 radical (unpaired) electrons. The number of carbonyl (C=O) groups is 1. The number of nitrogens with zero attached hydrogens (tertiary/aromatic N) is 1. The molecule has 2 saturated heterocycles. The average Bonchev–Trinajstić information content (AvgIpc) is 2.81. The van der Waals surface area contributed by atoms with Crippen molar-refractivity contribution in [1.82, 2.24) is 10.2 Å². The van der Waals surface area contributed by atoms with E-state index in [9.17, 15) is 4.79 Å². The summed E-state index contributed by atoms with van der Waals surface area (Å²) in [7, 11) is 0. The molecule has 102 valence electrons. The second-order valence-corrected chi connectivity index (χ2v) is 6.15. The lowest BCUT2D eigenvalue weighted by molar-refractivity contribution is -0.124. The van der Waals surface area contributed by atoms with Gasteiger partial charge in [-0.15, -0.1) is 0 Å². The molecule has 1 amide bonds. The van der Waals surface area contributed by atoms with Crippen LogP contribution >= 0.6 is 0 Å². The molecule has 0 aromatic rings. The Hall–Kier alpha value is -0.610. The lowest BCUT2D eigenvalue weighted by atomic mass is 9.80. The highest BCUT2D eigenvalue weighted by Crippen LogP contribution is 2.35. The molecule has 0 bridgehead atoms. The van der Waals surface area contributed by atoms with E-state index in [-0.39, 0.29) is 11.8 Å². The molecule has 3 N–H and O–H groups in total. The van der Waals surface area contributed by atoms with E-state index in [0.717, 1.165) is 26.1 Å². The topological polar surface area (TPSA) is 58.4 Å². The maximum atomic E-state index is 11.8. The van der Waals surface area contributed by atoms with Crippen molar-refractivity contribution < 1.29 is 4.79 Å². The van der Waals surface area contributed by atoms with Crippen LogP contribution in [-0.4, -0.2) is 42.5 Å². The molecule has 2 heterocycles. The van der Waals surface area contributed by atoms with Crippen molar-refractivity contribution in [2.45, 2.75) is 50.6 Å². The molecule has 4 atom stereocenters. The van der Waals surface area contributed by atoms with Crippen LogP contribution in [0.3, 0.4) is 0 Å². The Morgan fingerprint density at radius 3 is 2.83 bits per heavy atom. The highest BCUT2D eigenvalue weighted by atomic mass is 16.2. The Morgan fingerprint density at radius 1 is 1.17 bits per heavy atom. The molecule has 0 spiro atoms. The van der Waals surface area contributed by atoms with E-state index in [1.54, 1.807) is 0 Å². The number of fused-ring (bicyclic) bond motifs is 1. The van der Waals surface area contributed by atoms with Crippen molar-refractivity contribution in [3.8, 4) is 0 Å². The highest BCUT2D eigenvalue weighted by Gasteiger charge is 2.44. The number of nitrogens with two attached hydrogens (primary N) is 1. The summed E-state index contributed by atoms with van der Waals surface area (Å²) in [6, 6.07) is 1.08. The minimum absolute atomic E-state index is 0.249. The molecule has 0 aromatic heterocycles. The van der Waals surface area contributed by atoms with Gasteiger partial charge in [-0.25, -0.2) is 0 Å². The van der Waals surface area contributed by atoms with E-state index in [1.165, 1.54) is 32.1 Å². The van der Waals surface area contributed by atoms with E-state index in [4.69, 9.17) is 5.73 Å². The van der Waals surface area contributed by atoms with E-state index >= 15 is 0 Å². The summed E-state index contributed by atoms with van der Waals surface area (Å²) in [5, 5.41) is 3.05. The fourth-order valence-corrected chi connectivity index (χ4v) is 4.30. The van der Waals surface area contributed by atoms with Gasteiger partial charge in [-0.3, -0.25) is 9.69 Å². The molecule has 3 rings (SSSR count). The van der Waals surface area contributed by atoms with Gasteiger partial charge in [-0.2, -0.15) is 0 Å². The molecule has 2 aliphatic heterocycles.